The number of nitrogens with zero attached hydrogens (tertiary/aromatic N) is 7. The van der Waals surface area contributed by atoms with Crippen LogP contribution in [0.2, 0.25) is 0 Å². The first-order valence-electron chi connectivity index (χ1n) is 12.8. The standard InChI is InChI=1S/C28H32N8O2/c1-6-15-35-25-23(26(37)34(5)27(35)38)36(22(29-25)16-28(2,3)4)17-18-11-13-19(14-12-18)20-9-7-8-10-21(20)24-30-32-33-31-24/h7-14H,6,15-17H2,1-5H3,(H,30,31,32,33). The van der Waals surface area contributed by atoms with Crippen molar-refractivity contribution in [1.82, 2.24) is 39.3 Å². The number of nitrogens with one attached hydrogen (secondary N) is 1. The molecule has 0 amide bonds. The molecular weight excluding hydrogens is 480 g/mol. The first-order valence-corrected chi connectivity index (χ1v) is 12.8. The molecule has 0 atom stereocenters. The lowest BCUT2D eigenvalue weighted by Crippen LogP contribution is -2.38. The molecule has 0 aliphatic carbocycles. The third kappa shape index (κ3) is 4.69. The van der Waals surface area contributed by atoms with Crippen LogP contribution in [0.5, 0.6) is 0 Å². The molecule has 0 bridgehead atoms. The predicted octanol–water partition coefficient (Wildman–Crippen LogP) is 3.79. The molecule has 1 N–H and O–H groups in total. The summed E-state index contributed by atoms with van der Waals surface area (Å²) < 4.78 is 4.80. The van der Waals surface area contributed by atoms with E-state index in [1.54, 1.807) is 4.57 Å². The molecule has 10 heteroatoms. The molecule has 0 aliphatic heterocycles. The van der Waals surface area contributed by atoms with Crippen molar-refractivity contribution in [2.75, 3.05) is 0 Å². The van der Waals surface area contributed by atoms with Gasteiger partial charge in [0.15, 0.2) is 17.0 Å². The van der Waals surface area contributed by atoms with E-state index in [1.807, 2.05) is 35.8 Å². The van der Waals surface area contributed by atoms with E-state index in [2.05, 4.69) is 65.7 Å². The van der Waals surface area contributed by atoms with Crippen LogP contribution < -0.4 is 11.2 Å². The van der Waals surface area contributed by atoms with Gasteiger partial charge >= 0.3 is 5.69 Å². The highest BCUT2D eigenvalue weighted by Gasteiger charge is 2.23. The van der Waals surface area contributed by atoms with E-state index < -0.39 is 0 Å². The molecular formula is C28H32N8O2. The molecule has 0 radical (unpaired) electrons. The Kier molecular flexibility index (Phi) is 6.56. The van der Waals surface area contributed by atoms with Crippen molar-refractivity contribution in [2.45, 2.75) is 53.6 Å². The third-order valence-corrected chi connectivity index (χ3v) is 6.58. The number of aryl methyl sites for hydroxylation is 1. The molecule has 5 aromatic rings. The Bertz CT molecular complexity index is 1700. The fourth-order valence-corrected chi connectivity index (χ4v) is 4.79. The van der Waals surface area contributed by atoms with Gasteiger partial charge in [0.25, 0.3) is 5.56 Å². The van der Waals surface area contributed by atoms with Crippen LogP contribution in [0.25, 0.3) is 33.7 Å². The highest BCUT2D eigenvalue weighted by atomic mass is 16.2. The van der Waals surface area contributed by atoms with Crippen LogP contribution in [-0.2, 0) is 26.6 Å². The molecule has 3 aromatic heterocycles. The molecule has 0 aliphatic rings. The molecule has 2 aromatic carbocycles. The van der Waals surface area contributed by atoms with E-state index in [1.165, 1.54) is 11.6 Å². The topological polar surface area (TPSA) is 116 Å². The Labute approximate surface area is 220 Å². The molecule has 5 rings (SSSR count). The molecule has 0 fully saturated rings. The maximum atomic E-state index is 13.4. The number of hydrogen-bond donors (Lipinski definition) is 1. The zero-order chi connectivity index (χ0) is 27.0. The lowest BCUT2D eigenvalue weighted by molar-refractivity contribution is 0.394. The number of aromatic amines is 1. The number of imidazole rings is 1. The lowest BCUT2D eigenvalue weighted by atomic mass is 9.92. The zero-order valence-corrected chi connectivity index (χ0v) is 22.4. The molecule has 0 saturated heterocycles. The summed E-state index contributed by atoms with van der Waals surface area (Å²) in [4.78, 5) is 31.1. The van der Waals surface area contributed by atoms with Crippen molar-refractivity contribution in [3.8, 4) is 22.5 Å². The average Bonchev–Trinajstić information content (AvgIpc) is 3.54. The normalized spacial score (nSPS) is 11.9. The van der Waals surface area contributed by atoms with E-state index in [0.29, 0.717) is 36.5 Å². The minimum atomic E-state index is -0.332. The minimum absolute atomic E-state index is 0.0522. The summed E-state index contributed by atoms with van der Waals surface area (Å²) in [6.07, 6.45) is 1.43. The number of benzene rings is 2. The maximum absolute atomic E-state index is 13.4. The SMILES string of the molecule is CCCn1c(=O)n(C)c(=O)c2c1nc(CC(C)(C)C)n2Cc1ccc(-c2ccccc2-c2nnn[nH]2)cc1. The Morgan fingerprint density at radius 2 is 1.66 bits per heavy atom. The summed E-state index contributed by atoms with van der Waals surface area (Å²) in [5, 5.41) is 14.3. The highest BCUT2D eigenvalue weighted by molar-refractivity contribution is 5.80. The van der Waals surface area contributed by atoms with Crippen LogP contribution in [0.4, 0.5) is 0 Å². The number of tetrazole rings is 1. The summed E-state index contributed by atoms with van der Waals surface area (Å²) in [5.74, 6) is 1.41. The van der Waals surface area contributed by atoms with Crippen molar-refractivity contribution in [3.63, 3.8) is 0 Å². The Hall–Kier alpha value is -4.34. The van der Waals surface area contributed by atoms with Crippen molar-refractivity contribution in [2.24, 2.45) is 12.5 Å². The lowest BCUT2D eigenvalue weighted by Gasteiger charge is -2.19. The first kappa shape index (κ1) is 25.3. The first-order chi connectivity index (χ1) is 18.2. The monoisotopic (exact) mass is 512 g/mol. The molecule has 0 spiro atoms. The van der Waals surface area contributed by atoms with Crippen molar-refractivity contribution >= 4 is 11.2 Å². The van der Waals surface area contributed by atoms with E-state index in [0.717, 1.165) is 34.5 Å². The number of rotatable bonds is 7. The Morgan fingerprint density at radius 3 is 2.29 bits per heavy atom. The van der Waals surface area contributed by atoms with E-state index >= 15 is 0 Å². The van der Waals surface area contributed by atoms with Gasteiger partial charge < -0.3 is 4.57 Å². The minimum Gasteiger partial charge on any atom is -0.318 e. The summed E-state index contributed by atoms with van der Waals surface area (Å²) >= 11 is 0. The van der Waals surface area contributed by atoms with E-state index in [-0.39, 0.29) is 16.7 Å². The zero-order valence-electron chi connectivity index (χ0n) is 22.4. The summed E-state index contributed by atoms with van der Waals surface area (Å²) in [5.41, 5.74) is 4.20. The number of hydrogen-bond acceptors (Lipinski definition) is 6. The van der Waals surface area contributed by atoms with Crippen LogP contribution in [0.3, 0.4) is 0 Å². The third-order valence-electron chi connectivity index (χ3n) is 6.58. The second-order valence-corrected chi connectivity index (χ2v) is 10.8. The molecule has 196 valence electrons. The number of fused-ring (bicyclic) bond motifs is 1. The van der Waals surface area contributed by atoms with Crippen molar-refractivity contribution < 1.29 is 0 Å². The molecule has 0 unspecified atom stereocenters. The van der Waals surface area contributed by atoms with Crippen molar-refractivity contribution in [1.29, 1.82) is 0 Å². The largest absolute Gasteiger partial charge is 0.332 e. The Morgan fingerprint density at radius 1 is 0.947 bits per heavy atom. The van der Waals surface area contributed by atoms with Crippen molar-refractivity contribution in [3.05, 3.63) is 80.8 Å². The molecule has 0 saturated carbocycles. The van der Waals surface area contributed by atoms with Crippen LogP contribution in [-0.4, -0.2) is 39.3 Å². The highest BCUT2D eigenvalue weighted by Crippen LogP contribution is 2.30. The number of H-pyrrole nitrogens is 1. The quantitative estimate of drug-likeness (QED) is 0.355. The summed E-state index contributed by atoms with van der Waals surface area (Å²) in [7, 11) is 1.54. The van der Waals surface area contributed by atoms with Gasteiger partial charge in [0.05, 0.1) is 0 Å². The van der Waals surface area contributed by atoms with Gasteiger partial charge in [-0.15, -0.1) is 5.10 Å². The van der Waals surface area contributed by atoms with E-state index in [9.17, 15) is 9.59 Å². The van der Waals surface area contributed by atoms with Gasteiger partial charge in [-0.2, -0.15) is 0 Å². The average molecular weight is 513 g/mol. The van der Waals surface area contributed by atoms with Gasteiger partial charge in [-0.1, -0.05) is 76.2 Å². The summed E-state index contributed by atoms with van der Waals surface area (Å²) in [6, 6.07) is 16.2. The number of aromatic nitrogens is 8. The predicted molar refractivity (Wildman–Crippen MR) is 147 cm³/mol. The molecule has 3 heterocycles. The fraction of sp³-hybridized carbons (Fsp3) is 0.357. The smallest absolute Gasteiger partial charge is 0.318 e. The maximum Gasteiger partial charge on any atom is 0.332 e. The second kappa shape index (κ2) is 9.85. The fourth-order valence-electron chi connectivity index (χ4n) is 4.79. The van der Waals surface area contributed by atoms with Gasteiger partial charge in [0, 0.05) is 32.1 Å². The van der Waals surface area contributed by atoms with Crippen LogP contribution in [0.15, 0.2) is 58.1 Å². The van der Waals surface area contributed by atoms with Crippen LogP contribution in [0.1, 0.15) is 45.5 Å². The molecule has 10 nitrogen and oxygen atoms in total. The molecule has 38 heavy (non-hydrogen) atoms. The van der Waals surface area contributed by atoms with Gasteiger partial charge in [-0.25, -0.2) is 14.9 Å². The van der Waals surface area contributed by atoms with Crippen LogP contribution >= 0.6 is 0 Å². The van der Waals surface area contributed by atoms with Gasteiger partial charge in [0.2, 0.25) is 0 Å². The van der Waals surface area contributed by atoms with Gasteiger partial charge in [-0.05, 0) is 39.0 Å². The Balaban J connectivity index is 1.60. The van der Waals surface area contributed by atoms with E-state index in [4.69, 9.17) is 4.98 Å². The second-order valence-electron chi connectivity index (χ2n) is 10.8. The van der Waals surface area contributed by atoms with Gasteiger partial charge in [0.1, 0.15) is 5.82 Å². The van der Waals surface area contributed by atoms with Gasteiger partial charge in [-0.3, -0.25) is 13.9 Å². The van der Waals surface area contributed by atoms with Crippen LogP contribution in [0, 0.1) is 5.41 Å². The summed E-state index contributed by atoms with van der Waals surface area (Å²) in [6.45, 7) is 9.41.